The second-order valence-electron chi connectivity index (χ2n) is 5.24. The number of alkyl halides is 6. The normalized spacial score (nSPS) is 11.8. The fourth-order valence-corrected chi connectivity index (χ4v) is 1.38. The van der Waals surface area contributed by atoms with E-state index in [0.717, 1.165) is 12.0 Å². The van der Waals surface area contributed by atoms with Gasteiger partial charge >= 0.3 is 24.3 Å². The summed E-state index contributed by atoms with van der Waals surface area (Å²) in [6, 6.07) is 6.76. The highest BCUT2D eigenvalue weighted by Crippen LogP contribution is 2.14. The first-order chi connectivity index (χ1) is 13.0. The summed E-state index contributed by atoms with van der Waals surface area (Å²) in [6.45, 7) is 0. The molecule has 1 aromatic rings. The van der Waals surface area contributed by atoms with Gasteiger partial charge in [-0.05, 0) is 30.5 Å². The number of phenolic OH excluding ortho intramolecular Hbond substituents is 1. The van der Waals surface area contributed by atoms with Crippen molar-refractivity contribution < 1.29 is 56.0 Å². The maximum absolute atomic E-state index is 10.6. The number of hydrogen-bond acceptors (Lipinski definition) is 5. The molecule has 0 saturated carbocycles. The summed E-state index contributed by atoms with van der Waals surface area (Å²) < 4.78 is 63.5. The molecule has 0 aliphatic carbocycles. The van der Waals surface area contributed by atoms with Gasteiger partial charge in [-0.15, -0.1) is 0 Å². The molecule has 1 aromatic carbocycles. The second kappa shape index (κ2) is 12.4. The van der Waals surface area contributed by atoms with Gasteiger partial charge in [0.1, 0.15) is 5.75 Å². The van der Waals surface area contributed by atoms with Crippen LogP contribution in [0.4, 0.5) is 26.3 Å². The summed E-state index contributed by atoms with van der Waals surface area (Å²) in [5, 5.41) is 23.3. The molecule has 1 amide bonds. The number of aromatic hydroxyl groups is 1. The Bertz CT molecular complexity index is 637. The van der Waals surface area contributed by atoms with Crippen molar-refractivity contribution in [1.82, 2.24) is 0 Å². The molecule has 0 radical (unpaired) electrons. The molecular weight excluding hydrogens is 418 g/mol. The van der Waals surface area contributed by atoms with Crippen LogP contribution in [0.1, 0.15) is 18.4 Å². The van der Waals surface area contributed by atoms with Gasteiger partial charge in [-0.25, -0.2) is 9.59 Å². The molecule has 0 fully saturated rings. The van der Waals surface area contributed by atoms with Gasteiger partial charge in [-0.2, -0.15) is 26.3 Å². The number of carbonyl (C=O) groups excluding carboxylic acids is 1. The Hall–Kier alpha value is -3.03. The highest BCUT2D eigenvalue weighted by atomic mass is 19.4. The first-order valence-electron chi connectivity index (χ1n) is 7.38. The molecule has 14 heteroatoms. The summed E-state index contributed by atoms with van der Waals surface area (Å²) in [4.78, 5) is 28.4. The highest BCUT2D eigenvalue weighted by molar-refractivity contribution is 5.74. The van der Waals surface area contributed by atoms with Crippen LogP contribution in [-0.2, 0) is 20.8 Å². The number of rotatable bonds is 5. The van der Waals surface area contributed by atoms with Crippen LogP contribution in [-0.4, -0.2) is 51.6 Å². The lowest BCUT2D eigenvalue weighted by Gasteiger charge is -2.08. The van der Waals surface area contributed by atoms with Crippen molar-refractivity contribution in [3.63, 3.8) is 0 Å². The van der Waals surface area contributed by atoms with Crippen LogP contribution in [0, 0.1) is 0 Å². The molecule has 0 spiro atoms. The summed E-state index contributed by atoms with van der Waals surface area (Å²) in [6.07, 6.45) is -8.44. The molecule has 0 aliphatic heterocycles. The van der Waals surface area contributed by atoms with Crippen molar-refractivity contribution >= 4 is 17.8 Å². The first kappa shape index (κ1) is 28.2. The van der Waals surface area contributed by atoms with Gasteiger partial charge in [-0.1, -0.05) is 12.1 Å². The van der Waals surface area contributed by atoms with Gasteiger partial charge in [0.2, 0.25) is 5.91 Å². The van der Waals surface area contributed by atoms with Gasteiger partial charge in [0.15, 0.2) is 0 Å². The third-order valence-electron chi connectivity index (χ3n) is 2.69. The summed E-state index contributed by atoms with van der Waals surface area (Å²) in [5.41, 5.74) is 11.8. The van der Waals surface area contributed by atoms with E-state index in [0.29, 0.717) is 6.42 Å². The van der Waals surface area contributed by atoms with E-state index in [1.807, 2.05) is 12.1 Å². The van der Waals surface area contributed by atoms with E-state index in [2.05, 4.69) is 0 Å². The molecule has 1 atom stereocenters. The molecule has 0 aromatic heterocycles. The number of halogens is 6. The largest absolute Gasteiger partial charge is 0.508 e. The Kier molecular flexibility index (Phi) is 12.1. The average molecular weight is 436 g/mol. The Balaban J connectivity index is 0. The van der Waals surface area contributed by atoms with E-state index in [1.165, 1.54) is 0 Å². The molecule has 1 unspecified atom stereocenters. The van der Waals surface area contributed by atoms with Gasteiger partial charge in [0.25, 0.3) is 0 Å². The molecule has 0 aliphatic rings. The monoisotopic (exact) mass is 436 g/mol. The van der Waals surface area contributed by atoms with Crippen LogP contribution in [0.2, 0.25) is 0 Å². The first-order valence-corrected chi connectivity index (χ1v) is 7.38. The van der Waals surface area contributed by atoms with Gasteiger partial charge < -0.3 is 26.8 Å². The number of carboxylic acids is 2. The molecule has 1 rings (SSSR count). The second-order valence-corrected chi connectivity index (χ2v) is 5.24. The predicted octanol–water partition coefficient (Wildman–Crippen LogP) is 1.79. The van der Waals surface area contributed by atoms with Crippen LogP contribution in [0.25, 0.3) is 0 Å². The van der Waals surface area contributed by atoms with Gasteiger partial charge in [0.05, 0.1) is 0 Å². The van der Waals surface area contributed by atoms with E-state index >= 15 is 0 Å². The molecule has 7 N–H and O–H groups in total. The van der Waals surface area contributed by atoms with Crippen molar-refractivity contribution in [2.45, 2.75) is 37.7 Å². The molecule has 29 heavy (non-hydrogen) atoms. The van der Waals surface area contributed by atoms with Crippen molar-refractivity contribution in [2.24, 2.45) is 11.5 Å². The van der Waals surface area contributed by atoms with Crippen LogP contribution in [0.15, 0.2) is 24.3 Å². The van der Waals surface area contributed by atoms with Crippen molar-refractivity contribution in [3.8, 4) is 5.75 Å². The molecule has 166 valence electrons. The van der Waals surface area contributed by atoms with E-state index in [9.17, 15) is 31.1 Å². The summed E-state index contributed by atoms with van der Waals surface area (Å²) >= 11 is 0. The SMILES string of the molecule is NC(=O)CC(N)CCc1ccc(O)cc1.O=C(O)C(F)(F)F.O=C(O)C(F)(F)F. The fourth-order valence-electron chi connectivity index (χ4n) is 1.38. The predicted molar refractivity (Wildman–Crippen MR) is 85.6 cm³/mol. The Morgan fingerprint density at radius 2 is 1.24 bits per heavy atom. The van der Waals surface area contributed by atoms with Gasteiger partial charge in [-0.3, -0.25) is 4.79 Å². The number of primary amides is 1. The molecule has 8 nitrogen and oxygen atoms in total. The fraction of sp³-hybridized carbons (Fsp3) is 0.400. The third-order valence-corrected chi connectivity index (χ3v) is 2.69. The lowest BCUT2D eigenvalue weighted by Crippen LogP contribution is -2.27. The topological polar surface area (TPSA) is 164 Å². The van der Waals surface area contributed by atoms with Crippen LogP contribution in [0.3, 0.4) is 0 Å². The van der Waals surface area contributed by atoms with Crippen LogP contribution >= 0.6 is 0 Å². The van der Waals surface area contributed by atoms with Crippen LogP contribution in [0.5, 0.6) is 5.75 Å². The van der Waals surface area contributed by atoms with E-state index in [-0.39, 0.29) is 24.1 Å². The number of amides is 1. The van der Waals surface area contributed by atoms with Crippen molar-refractivity contribution in [3.05, 3.63) is 29.8 Å². The summed E-state index contributed by atoms with van der Waals surface area (Å²) in [7, 11) is 0. The lowest BCUT2D eigenvalue weighted by atomic mass is 10.0. The number of carbonyl (C=O) groups is 3. The Morgan fingerprint density at radius 1 is 0.897 bits per heavy atom. The number of nitrogens with two attached hydrogens (primary N) is 2. The number of carboxylic acid groups (broad SMARTS) is 2. The number of aryl methyl sites for hydroxylation is 1. The van der Waals surface area contributed by atoms with E-state index in [4.69, 9.17) is 36.4 Å². The smallest absolute Gasteiger partial charge is 0.490 e. The Morgan fingerprint density at radius 3 is 1.52 bits per heavy atom. The number of hydrogen-bond donors (Lipinski definition) is 5. The average Bonchev–Trinajstić information content (AvgIpc) is 2.53. The minimum atomic E-state index is -5.08. The van der Waals surface area contributed by atoms with E-state index in [1.54, 1.807) is 12.1 Å². The quantitative estimate of drug-likeness (QED) is 0.439. The number of benzene rings is 1. The zero-order valence-electron chi connectivity index (χ0n) is 14.5. The summed E-state index contributed by atoms with van der Waals surface area (Å²) in [5.74, 6) is -5.63. The maximum atomic E-state index is 10.6. The molecule has 0 bridgehead atoms. The number of aliphatic carboxylic acids is 2. The number of phenols is 1. The van der Waals surface area contributed by atoms with Gasteiger partial charge in [0, 0.05) is 12.5 Å². The van der Waals surface area contributed by atoms with E-state index < -0.39 is 24.3 Å². The molecule has 0 saturated heterocycles. The standard InChI is InChI=1S/C11H16N2O2.2C2HF3O2/c12-9(7-11(13)15)4-1-8-2-5-10(14)6-3-8;2*3-2(4,5)1(6)7/h2-3,5-6,9,14H,1,4,7,12H2,(H2,13,15);2*(H,6,7). The molecular formula is C15H18F6N2O6. The van der Waals surface area contributed by atoms with Crippen LogP contribution < -0.4 is 11.5 Å². The minimum absolute atomic E-state index is 0.184. The highest BCUT2D eigenvalue weighted by Gasteiger charge is 2.38. The zero-order chi connectivity index (χ0) is 23.4. The van der Waals surface area contributed by atoms with Crippen molar-refractivity contribution in [1.29, 1.82) is 0 Å². The zero-order valence-corrected chi connectivity index (χ0v) is 14.5. The molecule has 0 heterocycles. The third kappa shape index (κ3) is 16.8. The lowest BCUT2D eigenvalue weighted by molar-refractivity contribution is -0.193. The Labute approximate surface area is 159 Å². The maximum Gasteiger partial charge on any atom is 0.490 e. The minimum Gasteiger partial charge on any atom is -0.508 e. The van der Waals surface area contributed by atoms with Crippen molar-refractivity contribution in [2.75, 3.05) is 0 Å².